The average molecular weight is 320 g/mol. The van der Waals surface area contributed by atoms with Gasteiger partial charge in [0, 0.05) is 32.2 Å². The van der Waals surface area contributed by atoms with Crippen LogP contribution in [-0.4, -0.2) is 55.8 Å². The second-order valence-corrected chi connectivity index (χ2v) is 8.39. The first kappa shape index (κ1) is 18.9. The van der Waals surface area contributed by atoms with E-state index in [2.05, 4.69) is 19.2 Å². The zero-order valence-corrected chi connectivity index (χ0v) is 15.1. The Labute approximate surface area is 131 Å². The zero-order valence-electron chi connectivity index (χ0n) is 14.3. The summed E-state index contributed by atoms with van der Waals surface area (Å²) in [6, 6.07) is 0.600. The third-order valence-corrected chi connectivity index (χ3v) is 6.58. The summed E-state index contributed by atoms with van der Waals surface area (Å²) in [5.74, 6) is 0.595. The van der Waals surface area contributed by atoms with Crippen molar-refractivity contribution >= 4 is 10.2 Å². The standard InChI is InChI=1S/C15H33N3O2S/c1-6-15(7-2)17(5)21(19,20)18-10-8-14(9-11-18)12-16-13(3)4/h13-16H,6-12H2,1-5H3. The molecule has 1 rings (SSSR count). The summed E-state index contributed by atoms with van der Waals surface area (Å²) in [5.41, 5.74) is 0. The molecular weight excluding hydrogens is 286 g/mol. The normalized spacial score (nSPS) is 19.0. The minimum absolute atomic E-state index is 0.107. The molecule has 0 atom stereocenters. The molecule has 0 aromatic heterocycles. The topological polar surface area (TPSA) is 52.7 Å². The SMILES string of the molecule is CCC(CC)N(C)S(=O)(=O)N1CCC(CNC(C)C)CC1. The van der Waals surface area contributed by atoms with E-state index < -0.39 is 10.2 Å². The van der Waals surface area contributed by atoms with E-state index in [1.807, 2.05) is 13.8 Å². The smallest absolute Gasteiger partial charge is 0.281 e. The Morgan fingerprint density at radius 3 is 2.14 bits per heavy atom. The summed E-state index contributed by atoms with van der Waals surface area (Å²) >= 11 is 0. The molecule has 1 N–H and O–H groups in total. The van der Waals surface area contributed by atoms with Crippen LogP contribution in [0, 0.1) is 5.92 Å². The first-order chi connectivity index (χ1) is 9.82. The number of rotatable bonds is 8. The Balaban J connectivity index is 2.56. The van der Waals surface area contributed by atoms with Crippen LogP contribution in [0.3, 0.4) is 0 Å². The van der Waals surface area contributed by atoms with Crippen LogP contribution in [0.1, 0.15) is 53.4 Å². The average Bonchev–Trinajstić information content (AvgIpc) is 2.46. The van der Waals surface area contributed by atoms with Gasteiger partial charge in [0.2, 0.25) is 0 Å². The Kier molecular flexibility index (Phi) is 7.60. The molecule has 0 radical (unpaired) electrons. The van der Waals surface area contributed by atoms with Crippen molar-refractivity contribution in [1.29, 1.82) is 0 Å². The fourth-order valence-corrected chi connectivity index (χ4v) is 4.63. The molecule has 0 bridgehead atoms. The number of nitrogens with zero attached hydrogens (tertiary/aromatic N) is 2. The fraction of sp³-hybridized carbons (Fsp3) is 1.00. The summed E-state index contributed by atoms with van der Waals surface area (Å²) < 4.78 is 28.5. The molecule has 0 saturated carbocycles. The van der Waals surface area contributed by atoms with Gasteiger partial charge in [-0.3, -0.25) is 0 Å². The van der Waals surface area contributed by atoms with Crippen LogP contribution in [0.5, 0.6) is 0 Å². The fourth-order valence-electron chi connectivity index (χ4n) is 2.92. The Morgan fingerprint density at radius 2 is 1.71 bits per heavy atom. The van der Waals surface area contributed by atoms with Crippen molar-refractivity contribution in [3.63, 3.8) is 0 Å². The van der Waals surface area contributed by atoms with E-state index in [1.54, 1.807) is 15.7 Å². The van der Waals surface area contributed by atoms with E-state index in [0.29, 0.717) is 25.0 Å². The largest absolute Gasteiger partial charge is 0.314 e. The molecular formula is C15H33N3O2S. The summed E-state index contributed by atoms with van der Waals surface area (Å²) in [5, 5.41) is 3.45. The van der Waals surface area contributed by atoms with Crippen LogP contribution in [0.2, 0.25) is 0 Å². The van der Waals surface area contributed by atoms with Gasteiger partial charge < -0.3 is 5.32 Å². The van der Waals surface area contributed by atoms with Crippen LogP contribution >= 0.6 is 0 Å². The highest BCUT2D eigenvalue weighted by atomic mass is 32.2. The molecule has 0 aliphatic carbocycles. The van der Waals surface area contributed by atoms with E-state index in [1.165, 1.54) is 0 Å². The molecule has 1 heterocycles. The van der Waals surface area contributed by atoms with E-state index in [4.69, 9.17) is 0 Å². The van der Waals surface area contributed by atoms with Crippen molar-refractivity contribution in [2.75, 3.05) is 26.7 Å². The lowest BCUT2D eigenvalue weighted by Gasteiger charge is -2.36. The van der Waals surface area contributed by atoms with Gasteiger partial charge in [0.25, 0.3) is 10.2 Å². The molecule has 0 unspecified atom stereocenters. The Morgan fingerprint density at radius 1 is 1.19 bits per heavy atom. The Bertz CT molecular complexity index is 386. The maximum atomic E-state index is 12.7. The second kappa shape index (κ2) is 8.46. The van der Waals surface area contributed by atoms with Gasteiger partial charge in [-0.25, -0.2) is 0 Å². The third-order valence-electron chi connectivity index (χ3n) is 4.54. The molecule has 126 valence electrons. The maximum absolute atomic E-state index is 12.7. The van der Waals surface area contributed by atoms with Crippen LogP contribution in [0.15, 0.2) is 0 Å². The summed E-state index contributed by atoms with van der Waals surface area (Å²) in [7, 11) is -1.57. The van der Waals surface area contributed by atoms with Gasteiger partial charge in [-0.05, 0) is 38.1 Å². The molecule has 6 heteroatoms. The molecule has 0 aromatic carbocycles. The first-order valence-corrected chi connectivity index (χ1v) is 9.69. The van der Waals surface area contributed by atoms with Gasteiger partial charge in [0.15, 0.2) is 0 Å². The lowest BCUT2D eigenvalue weighted by Crippen LogP contribution is -2.49. The molecule has 1 aliphatic rings. The molecule has 0 aromatic rings. The summed E-state index contributed by atoms with van der Waals surface area (Å²) in [6.07, 6.45) is 3.63. The predicted octanol–water partition coefficient (Wildman–Crippen LogP) is 2.06. The van der Waals surface area contributed by atoms with Crippen molar-refractivity contribution < 1.29 is 8.42 Å². The highest BCUT2D eigenvalue weighted by molar-refractivity contribution is 7.86. The predicted molar refractivity (Wildman–Crippen MR) is 88.5 cm³/mol. The second-order valence-electron chi connectivity index (χ2n) is 6.40. The zero-order chi connectivity index (χ0) is 16.0. The van der Waals surface area contributed by atoms with Gasteiger partial charge in [0.1, 0.15) is 0 Å². The van der Waals surface area contributed by atoms with Crippen molar-refractivity contribution in [1.82, 2.24) is 13.9 Å². The highest BCUT2D eigenvalue weighted by Gasteiger charge is 2.33. The quantitative estimate of drug-likeness (QED) is 0.745. The summed E-state index contributed by atoms with van der Waals surface area (Å²) in [6.45, 7) is 10.7. The van der Waals surface area contributed by atoms with Crippen molar-refractivity contribution in [3.8, 4) is 0 Å². The van der Waals surface area contributed by atoms with Crippen LogP contribution in [0.4, 0.5) is 0 Å². The van der Waals surface area contributed by atoms with Gasteiger partial charge in [-0.2, -0.15) is 17.0 Å². The minimum atomic E-state index is -3.29. The van der Waals surface area contributed by atoms with Gasteiger partial charge >= 0.3 is 0 Å². The Hall–Kier alpha value is -0.170. The van der Waals surface area contributed by atoms with Gasteiger partial charge in [-0.1, -0.05) is 27.7 Å². The van der Waals surface area contributed by atoms with Gasteiger partial charge in [0.05, 0.1) is 0 Å². The first-order valence-electron chi connectivity index (χ1n) is 8.29. The lowest BCUT2D eigenvalue weighted by molar-refractivity contribution is 0.239. The molecule has 5 nitrogen and oxygen atoms in total. The van der Waals surface area contributed by atoms with Crippen LogP contribution < -0.4 is 5.32 Å². The highest BCUT2D eigenvalue weighted by Crippen LogP contribution is 2.22. The van der Waals surface area contributed by atoms with Crippen molar-refractivity contribution in [3.05, 3.63) is 0 Å². The number of hydrogen-bond acceptors (Lipinski definition) is 3. The molecule has 1 saturated heterocycles. The van der Waals surface area contributed by atoms with E-state index in [-0.39, 0.29) is 6.04 Å². The maximum Gasteiger partial charge on any atom is 0.281 e. The minimum Gasteiger partial charge on any atom is -0.314 e. The monoisotopic (exact) mass is 319 g/mol. The van der Waals surface area contributed by atoms with Crippen molar-refractivity contribution in [2.24, 2.45) is 5.92 Å². The van der Waals surface area contributed by atoms with Crippen molar-refractivity contribution in [2.45, 2.75) is 65.5 Å². The summed E-state index contributed by atoms with van der Waals surface area (Å²) in [4.78, 5) is 0. The number of nitrogens with one attached hydrogen (secondary N) is 1. The number of hydrogen-bond donors (Lipinski definition) is 1. The van der Waals surface area contributed by atoms with E-state index >= 15 is 0 Å². The van der Waals surface area contributed by atoms with Gasteiger partial charge in [-0.15, -0.1) is 0 Å². The third kappa shape index (κ3) is 5.20. The van der Waals surface area contributed by atoms with E-state index in [9.17, 15) is 8.42 Å². The molecule has 0 spiro atoms. The van der Waals surface area contributed by atoms with Crippen LogP contribution in [0.25, 0.3) is 0 Å². The number of piperidine rings is 1. The molecule has 0 amide bonds. The lowest BCUT2D eigenvalue weighted by atomic mass is 9.98. The van der Waals surface area contributed by atoms with Crippen LogP contribution in [-0.2, 0) is 10.2 Å². The van der Waals surface area contributed by atoms with E-state index in [0.717, 1.165) is 32.2 Å². The molecule has 1 aliphatic heterocycles. The molecule has 21 heavy (non-hydrogen) atoms. The molecule has 1 fully saturated rings.